The molecule has 0 radical (unpaired) electrons. The van der Waals surface area contributed by atoms with Crippen molar-refractivity contribution < 1.29 is 19.4 Å². The van der Waals surface area contributed by atoms with E-state index in [1.165, 1.54) is 5.56 Å². The van der Waals surface area contributed by atoms with E-state index < -0.39 is 11.0 Å². The lowest BCUT2D eigenvalue weighted by Gasteiger charge is -2.64. The van der Waals surface area contributed by atoms with E-state index in [2.05, 4.69) is 33.9 Å². The zero-order valence-corrected chi connectivity index (χ0v) is 22.0. The van der Waals surface area contributed by atoms with Crippen molar-refractivity contribution in [3.8, 4) is 11.5 Å². The van der Waals surface area contributed by atoms with Gasteiger partial charge in [0.05, 0.1) is 24.2 Å². The number of aliphatic hydroxyl groups is 1. The number of methoxy groups -OCH3 is 1. The van der Waals surface area contributed by atoms with Crippen molar-refractivity contribution in [2.45, 2.75) is 54.9 Å². The molecule has 1 N–H and O–H groups in total. The fraction of sp³-hybridized carbons (Fsp3) is 0.500. The van der Waals surface area contributed by atoms with E-state index in [0.717, 1.165) is 40.0 Å². The van der Waals surface area contributed by atoms with Crippen LogP contribution in [0.25, 0.3) is 6.08 Å². The zero-order valence-electron chi connectivity index (χ0n) is 19.6. The highest BCUT2D eigenvalue weighted by Crippen LogP contribution is 2.65. The average Bonchev–Trinajstić information content (AvgIpc) is 3.40. The number of benzene rings is 1. The molecule has 8 heteroatoms. The number of rotatable bonds is 4. The molecule has 1 saturated carbocycles. The van der Waals surface area contributed by atoms with Crippen LogP contribution in [0.5, 0.6) is 11.5 Å². The van der Waals surface area contributed by atoms with E-state index in [4.69, 9.17) is 9.47 Å². The van der Waals surface area contributed by atoms with Crippen LogP contribution in [-0.4, -0.2) is 72.4 Å². The van der Waals surface area contributed by atoms with Crippen molar-refractivity contribution in [1.29, 1.82) is 0 Å². The van der Waals surface area contributed by atoms with Gasteiger partial charge in [0.1, 0.15) is 6.10 Å². The van der Waals surface area contributed by atoms with Crippen molar-refractivity contribution in [1.82, 2.24) is 9.80 Å². The Morgan fingerprint density at radius 3 is 2.97 bits per heavy atom. The second-order valence-electron chi connectivity index (χ2n) is 10.1. The molecular weight excluding hydrogens is 516 g/mol. The van der Waals surface area contributed by atoms with Crippen LogP contribution in [0.15, 0.2) is 34.1 Å². The first-order chi connectivity index (χ1) is 16.3. The second-order valence-corrected chi connectivity index (χ2v) is 11.9. The number of hydrogen-bond acceptors (Lipinski definition) is 6. The average molecular weight is 545 g/mol. The van der Waals surface area contributed by atoms with Gasteiger partial charge in [-0.15, -0.1) is 11.3 Å². The van der Waals surface area contributed by atoms with Gasteiger partial charge in [-0.25, -0.2) is 0 Å². The Kier molecular flexibility index (Phi) is 5.19. The minimum Gasteiger partial charge on any atom is -0.493 e. The standard InChI is InChI=1S/C26H29BrN2O4S/c1-28-11-10-25-22-15-4-6-19(32-3)23(22)33-24(25)18(8-9-26(25,31)20(28)12-15)29(2)21(30)7-5-17-13-16(27)14-34-17/h4-7,13-14,18,20,24,31H,8-12H2,1-3H3/b7-5+/t18-,20-,24+,25+,26-/m1/s1. The number of nitrogens with zero attached hydrogens (tertiary/aromatic N) is 2. The minimum atomic E-state index is -0.894. The number of ether oxygens (including phenoxy) is 2. The molecule has 5 atom stereocenters. The quantitative estimate of drug-likeness (QED) is 0.592. The number of piperidine rings is 1. The smallest absolute Gasteiger partial charge is 0.246 e. The fourth-order valence-electron chi connectivity index (χ4n) is 7.12. The van der Waals surface area contributed by atoms with Crippen molar-refractivity contribution in [3.63, 3.8) is 0 Å². The maximum atomic E-state index is 13.3. The summed E-state index contributed by atoms with van der Waals surface area (Å²) in [5.41, 5.74) is 0.918. The van der Waals surface area contributed by atoms with Gasteiger partial charge < -0.3 is 24.4 Å². The molecule has 1 spiro atoms. The molecule has 2 aliphatic carbocycles. The van der Waals surface area contributed by atoms with Crippen LogP contribution in [0.2, 0.25) is 0 Å². The molecule has 2 bridgehead atoms. The number of amides is 1. The van der Waals surface area contributed by atoms with E-state index in [1.807, 2.05) is 35.5 Å². The largest absolute Gasteiger partial charge is 0.493 e. The molecule has 6 nitrogen and oxygen atoms in total. The molecule has 4 aliphatic rings. The van der Waals surface area contributed by atoms with Crippen LogP contribution in [0.1, 0.15) is 35.3 Å². The zero-order chi connectivity index (χ0) is 23.8. The summed E-state index contributed by atoms with van der Waals surface area (Å²) in [5, 5.41) is 14.4. The van der Waals surface area contributed by atoms with Crippen LogP contribution < -0.4 is 9.47 Å². The SMILES string of the molecule is COc1ccc2c3c1O[C@H]1[C@H](N(C)C(=O)/C=C/c4cc(Br)cs4)CC[C@@]4(O)[C@@H](C2)N(C)CC[C@]314. The topological polar surface area (TPSA) is 62.2 Å². The van der Waals surface area contributed by atoms with Gasteiger partial charge in [-0.05, 0) is 79.0 Å². The maximum Gasteiger partial charge on any atom is 0.246 e. The van der Waals surface area contributed by atoms with Gasteiger partial charge in [0.25, 0.3) is 0 Å². The van der Waals surface area contributed by atoms with Crippen molar-refractivity contribution in [3.05, 3.63) is 50.1 Å². The highest BCUT2D eigenvalue weighted by molar-refractivity contribution is 9.10. The summed E-state index contributed by atoms with van der Waals surface area (Å²) < 4.78 is 13.4. The summed E-state index contributed by atoms with van der Waals surface area (Å²) in [6, 6.07) is 6.02. The Morgan fingerprint density at radius 1 is 1.41 bits per heavy atom. The summed E-state index contributed by atoms with van der Waals surface area (Å²) in [5.74, 6) is 1.42. The molecule has 2 aliphatic heterocycles. The predicted octanol–water partition coefficient (Wildman–Crippen LogP) is 3.84. The van der Waals surface area contributed by atoms with Crippen LogP contribution in [0.3, 0.4) is 0 Å². The number of likely N-dealkylation sites (tertiary alicyclic amines) is 1. The van der Waals surface area contributed by atoms with Gasteiger partial charge in [-0.2, -0.15) is 0 Å². The molecule has 180 valence electrons. The molecule has 0 unspecified atom stereocenters. The molecule has 6 rings (SSSR count). The third-order valence-corrected chi connectivity index (χ3v) is 10.4. The van der Waals surface area contributed by atoms with Gasteiger partial charge in [-0.1, -0.05) is 6.07 Å². The van der Waals surface area contributed by atoms with Crippen LogP contribution in [0, 0.1) is 0 Å². The highest BCUT2D eigenvalue weighted by atomic mass is 79.9. The number of likely N-dealkylation sites (N-methyl/N-ethyl adjacent to an activating group) is 2. The third-order valence-electron chi connectivity index (χ3n) is 8.73. The summed E-state index contributed by atoms with van der Waals surface area (Å²) in [4.78, 5) is 18.4. The van der Waals surface area contributed by atoms with E-state index in [1.54, 1.807) is 24.5 Å². The predicted molar refractivity (Wildman–Crippen MR) is 136 cm³/mol. The molecule has 34 heavy (non-hydrogen) atoms. The number of halogens is 1. The molecule has 1 saturated heterocycles. The molecular formula is C26H29BrN2O4S. The summed E-state index contributed by atoms with van der Waals surface area (Å²) in [7, 11) is 5.64. The Balaban J connectivity index is 1.40. The number of hydrogen-bond donors (Lipinski definition) is 1. The fourth-order valence-corrected chi connectivity index (χ4v) is 8.46. The summed E-state index contributed by atoms with van der Waals surface area (Å²) in [6.45, 7) is 0.889. The van der Waals surface area contributed by atoms with Gasteiger partial charge in [-0.3, -0.25) is 4.79 Å². The van der Waals surface area contributed by atoms with E-state index in [-0.39, 0.29) is 24.1 Å². The number of carbonyl (C=O) groups excluding carboxylic acids is 1. The van der Waals surface area contributed by atoms with Crippen molar-refractivity contribution in [2.24, 2.45) is 0 Å². The minimum absolute atomic E-state index is 0.0401. The molecule has 1 aromatic carbocycles. The molecule has 1 aromatic heterocycles. The lowest BCUT2D eigenvalue weighted by atomic mass is 9.48. The molecule has 3 heterocycles. The van der Waals surface area contributed by atoms with E-state index in [9.17, 15) is 9.90 Å². The monoisotopic (exact) mass is 544 g/mol. The van der Waals surface area contributed by atoms with Gasteiger partial charge in [0.15, 0.2) is 11.5 Å². The maximum absolute atomic E-state index is 13.3. The van der Waals surface area contributed by atoms with Crippen LogP contribution >= 0.6 is 27.3 Å². The van der Waals surface area contributed by atoms with Gasteiger partial charge in [0, 0.05) is 39.5 Å². The Labute approximate surface area is 212 Å². The van der Waals surface area contributed by atoms with Crippen molar-refractivity contribution in [2.75, 3.05) is 27.7 Å². The molecule has 2 aromatic rings. The normalized spacial score (nSPS) is 33.5. The van der Waals surface area contributed by atoms with Gasteiger partial charge >= 0.3 is 0 Å². The second kappa shape index (κ2) is 7.82. The summed E-state index contributed by atoms with van der Waals surface area (Å²) >= 11 is 5.05. The number of carbonyl (C=O) groups is 1. The van der Waals surface area contributed by atoms with E-state index in [0.29, 0.717) is 18.6 Å². The van der Waals surface area contributed by atoms with Crippen LogP contribution in [-0.2, 0) is 16.6 Å². The lowest BCUT2D eigenvalue weighted by Crippen LogP contribution is -2.77. The van der Waals surface area contributed by atoms with Crippen molar-refractivity contribution >= 4 is 39.2 Å². The highest BCUT2D eigenvalue weighted by Gasteiger charge is 2.73. The summed E-state index contributed by atoms with van der Waals surface area (Å²) in [6.07, 6.45) is 6.13. The lowest BCUT2D eigenvalue weighted by molar-refractivity contribution is -0.195. The first-order valence-corrected chi connectivity index (χ1v) is 13.5. The first kappa shape index (κ1) is 22.6. The number of thiophene rings is 1. The Morgan fingerprint density at radius 2 is 2.24 bits per heavy atom. The van der Waals surface area contributed by atoms with Gasteiger partial charge in [0.2, 0.25) is 5.91 Å². The Bertz CT molecular complexity index is 1200. The van der Waals surface area contributed by atoms with E-state index >= 15 is 0 Å². The first-order valence-electron chi connectivity index (χ1n) is 11.8. The third kappa shape index (κ3) is 2.89. The molecule has 2 fully saturated rings. The Hall–Kier alpha value is -1.87. The molecule has 1 amide bonds. The van der Waals surface area contributed by atoms with Crippen LogP contribution in [0.4, 0.5) is 0 Å².